The van der Waals surface area contributed by atoms with Gasteiger partial charge in [0.25, 0.3) is 0 Å². The standard InChI is InChI=1S/C15H20ClN3O/c1-11(20)14(19-9-8-17-10-19)18-15(2,3)12-4-6-13(16)7-5-12/h4-11,14,18,20H,1-3H3. The molecule has 2 unspecified atom stereocenters. The highest BCUT2D eigenvalue weighted by atomic mass is 35.5. The molecule has 1 heterocycles. The van der Waals surface area contributed by atoms with E-state index in [2.05, 4.69) is 24.1 Å². The van der Waals surface area contributed by atoms with Crippen LogP contribution >= 0.6 is 11.6 Å². The largest absolute Gasteiger partial charge is 0.390 e. The maximum Gasteiger partial charge on any atom is 0.111 e. The third-order valence-electron chi connectivity index (χ3n) is 3.38. The van der Waals surface area contributed by atoms with E-state index in [-0.39, 0.29) is 11.7 Å². The molecule has 4 nitrogen and oxygen atoms in total. The molecular formula is C15H20ClN3O. The molecule has 0 radical (unpaired) electrons. The van der Waals surface area contributed by atoms with E-state index in [4.69, 9.17) is 11.6 Å². The molecule has 1 aromatic carbocycles. The molecule has 0 spiro atoms. The lowest BCUT2D eigenvalue weighted by Gasteiger charge is -2.34. The van der Waals surface area contributed by atoms with Crippen LogP contribution in [0.1, 0.15) is 32.5 Å². The Kier molecular flexibility index (Phi) is 4.48. The van der Waals surface area contributed by atoms with Crippen LogP contribution in [0, 0.1) is 0 Å². The van der Waals surface area contributed by atoms with Crippen LogP contribution in [0.25, 0.3) is 0 Å². The number of hydrogen-bond donors (Lipinski definition) is 2. The number of aliphatic hydroxyl groups excluding tert-OH is 1. The van der Waals surface area contributed by atoms with Crippen molar-refractivity contribution in [2.24, 2.45) is 0 Å². The van der Waals surface area contributed by atoms with Crippen molar-refractivity contribution < 1.29 is 5.11 Å². The van der Waals surface area contributed by atoms with E-state index >= 15 is 0 Å². The van der Waals surface area contributed by atoms with Crippen molar-refractivity contribution in [2.45, 2.75) is 38.6 Å². The van der Waals surface area contributed by atoms with E-state index in [0.717, 1.165) is 5.56 Å². The lowest BCUT2D eigenvalue weighted by Crippen LogP contribution is -2.45. The first-order valence-corrected chi connectivity index (χ1v) is 6.97. The zero-order chi connectivity index (χ0) is 14.8. The average molecular weight is 294 g/mol. The average Bonchev–Trinajstić information content (AvgIpc) is 2.90. The molecule has 108 valence electrons. The number of nitrogens with one attached hydrogen (secondary N) is 1. The molecule has 2 aromatic rings. The van der Waals surface area contributed by atoms with Crippen LogP contribution in [0.15, 0.2) is 43.0 Å². The first-order chi connectivity index (χ1) is 9.40. The maximum atomic E-state index is 10.0. The molecule has 0 bridgehead atoms. The van der Waals surface area contributed by atoms with Crippen LogP contribution < -0.4 is 5.32 Å². The molecule has 0 aliphatic carbocycles. The zero-order valence-electron chi connectivity index (χ0n) is 11.9. The molecule has 0 aliphatic rings. The van der Waals surface area contributed by atoms with Crippen LogP contribution in [0.3, 0.4) is 0 Å². The van der Waals surface area contributed by atoms with Crippen molar-refractivity contribution in [3.8, 4) is 0 Å². The van der Waals surface area contributed by atoms with Gasteiger partial charge in [0, 0.05) is 23.0 Å². The second kappa shape index (κ2) is 5.95. The van der Waals surface area contributed by atoms with Crippen molar-refractivity contribution >= 4 is 11.6 Å². The summed E-state index contributed by atoms with van der Waals surface area (Å²) >= 11 is 5.93. The highest BCUT2D eigenvalue weighted by Crippen LogP contribution is 2.25. The van der Waals surface area contributed by atoms with E-state index in [9.17, 15) is 5.11 Å². The van der Waals surface area contributed by atoms with Crippen LogP contribution in [0.2, 0.25) is 5.02 Å². The van der Waals surface area contributed by atoms with Crippen molar-refractivity contribution in [1.29, 1.82) is 0 Å². The second-order valence-electron chi connectivity index (χ2n) is 5.47. The number of imidazole rings is 1. The highest BCUT2D eigenvalue weighted by Gasteiger charge is 2.27. The van der Waals surface area contributed by atoms with Gasteiger partial charge in [-0.25, -0.2) is 4.98 Å². The minimum absolute atomic E-state index is 0.247. The third kappa shape index (κ3) is 3.39. The molecule has 5 heteroatoms. The summed E-state index contributed by atoms with van der Waals surface area (Å²) in [5.74, 6) is 0. The van der Waals surface area contributed by atoms with Crippen LogP contribution in [0.4, 0.5) is 0 Å². The topological polar surface area (TPSA) is 50.1 Å². The predicted molar refractivity (Wildman–Crippen MR) is 80.6 cm³/mol. The number of hydrogen-bond acceptors (Lipinski definition) is 3. The van der Waals surface area contributed by atoms with Gasteiger partial charge in [-0.3, -0.25) is 5.32 Å². The van der Waals surface area contributed by atoms with Gasteiger partial charge in [-0.2, -0.15) is 0 Å². The minimum Gasteiger partial charge on any atom is -0.390 e. The fourth-order valence-electron chi connectivity index (χ4n) is 2.20. The van der Waals surface area contributed by atoms with E-state index in [0.29, 0.717) is 5.02 Å². The first-order valence-electron chi connectivity index (χ1n) is 6.59. The molecule has 1 aromatic heterocycles. The van der Waals surface area contributed by atoms with Crippen LogP contribution in [-0.2, 0) is 5.54 Å². The molecule has 0 aliphatic heterocycles. The van der Waals surface area contributed by atoms with Crippen molar-refractivity contribution in [2.75, 3.05) is 0 Å². The van der Waals surface area contributed by atoms with Crippen LogP contribution in [-0.4, -0.2) is 20.8 Å². The molecule has 20 heavy (non-hydrogen) atoms. The van der Waals surface area contributed by atoms with E-state index in [1.165, 1.54) is 0 Å². The summed E-state index contributed by atoms with van der Waals surface area (Å²) < 4.78 is 1.86. The minimum atomic E-state index is -0.546. The Morgan fingerprint density at radius 3 is 2.45 bits per heavy atom. The van der Waals surface area contributed by atoms with E-state index in [1.807, 2.05) is 35.0 Å². The van der Waals surface area contributed by atoms with E-state index in [1.54, 1.807) is 19.4 Å². The number of aromatic nitrogens is 2. The summed E-state index contributed by atoms with van der Waals surface area (Å²) in [5.41, 5.74) is 0.795. The zero-order valence-corrected chi connectivity index (χ0v) is 12.7. The summed E-state index contributed by atoms with van der Waals surface area (Å²) in [6, 6.07) is 7.72. The van der Waals surface area contributed by atoms with E-state index < -0.39 is 6.10 Å². The molecule has 0 fully saturated rings. The number of aliphatic hydroxyl groups is 1. The summed E-state index contributed by atoms with van der Waals surface area (Å²) in [6.45, 7) is 5.90. The van der Waals surface area contributed by atoms with Gasteiger partial charge in [-0.15, -0.1) is 0 Å². The van der Waals surface area contributed by atoms with Gasteiger partial charge in [0.15, 0.2) is 0 Å². The fraction of sp³-hybridized carbons (Fsp3) is 0.400. The third-order valence-corrected chi connectivity index (χ3v) is 3.63. The Hall–Kier alpha value is -1.36. The highest BCUT2D eigenvalue weighted by molar-refractivity contribution is 6.30. The molecule has 2 rings (SSSR count). The number of halogens is 1. The van der Waals surface area contributed by atoms with Gasteiger partial charge in [0.1, 0.15) is 6.17 Å². The fourth-order valence-corrected chi connectivity index (χ4v) is 2.32. The van der Waals surface area contributed by atoms with Gasteiger partial charge in [0.05, 0.1) is 12.4 Å². The summed E-state index contributed by atoms with van der Waals surface area (Å²) in [4.78, 5) is 4.03. The SMILES string of the molecule is CC(O)C(NC(C)(C)c1ccc(Cl)cc1)n1ccnc1. The monoisotopic (exact) mass is 293 g/mol. The number of nitrogens with zero attached hydrogens (tertiary/aromatic N) is 2. The predicted octanol–water partition coefficient (Wildman–Crippen LogP) is 2.94. The van der Waals surface area contributed by atoms with Crippen molar-refractivity contribution in [3.63, 3.8) is 0 Å². The Bertz CT molecular complexity index is 535. The quantitative estimate of drug-likeness (QED) is 0.891. The summed E-state index contributed by atoms with van der Waals surface area (Å²) in [5, 5.41) is 14.2. The van der Waals surface area contributed by atoms with Gasteiger partial charge in [-0.1, -0.05) is 23.7 Å². The first kappa shape index (κ1) is 15.0. The number of rotatable bonds is 5. The van der Waals surface area contributed by atoms with Gasteiger partial charge < -0.3 is 9.67 Å². The Balaban J connectivity index is 2.23. The van der Waals surface area contributed by atoms with Crippen LogP contribution in [0.5, 0.6) is 0 Å². The van der Waals surface area contributed by atoms with Crippen molar-refractivity contribution in [3.05, 3.63) is 53.6 Å². The summed E-state index contributed by atoms with van der Waals surface area (Å²) in [7, 11) is 0. The lowest BCUT2D eigenvalue weighted by molar-refractivity contribution is 0.0884. The van der Waals surface area contributed by atoms with Gasteiger partial charge >= 0.3 is 0 Å². The maximum absolute atomic E-state index is 10.0. The summed E-state index contributed by atoms with van der Waals surface area (Å²) in [6.07, 6.45) is 4.44. The smallest absolute Gasteiger partial charge is 0.111 e. The van der Waals surface area contributed by atoms with Gasteiger partial charge in [0.2, 0.25) is 0 Å². The normalized spacial score (nSPS) is 15.1. The lowest BCUT2D eigenvalue weighted by atomic mass is 9.93. The molecule has 2 atom stereocenters. The Morgan fingerprint density at radius 1 is 1.30 bits per heavy atom. The molecule has 0 saturated carbocycles. The Labute approximate surface area is 124 Å². The van der Waals surface area contributed by atoms with Gasteiger partial charge in [-0.05, 0) is 38.5 Å². The molecule has 0 saturated heterocycles. The second-order valence-corrected chi connectivity index (χ2v) is 5.91. The number of benzene rings is 1. The molecule has 2 N–H and O–H groups in total. The molecule has 0 amide bonds. The van der Waals surface area contributed by atoms with Crippen molar-refractivity contribution in [1.82, 2.24) is 14.9 Å². The Morgan fingerprint density at radius 2 is 1.95 bits per heavy atom. The molecular weight excluding hydrogens is 274 g/mol.